The molecule has 3 fully saturated rings. The van der Waals surface area contributed by atoms with Crippen molar-refractivity contribution in [2.24, 2.45) is 7.05 Å². The number of alkyl halides is 1. The average molecular weight is 386 g/mol. The van der Waals surface area contributed by atoms with Crippen LogP contribution in [0.4, 0.5) is 21.8 Å². The van der Waals surface area contributed by atoms with Crippen molar-refractivity contribution in [3.05, 3.63) is 24.2 Å². The molecule has 0 aromatic carbocycles. The maximum Gasteiger partial charge on any atom is 0.229 e. The molecule has 0 amide bonds. The van der Waals surface area contributed by atoms with Crippen LogP contribution in [0.3, 0.4) is 0 Å². The molecule has 8 nitrogen and oxygen atoms in total. The average Bonchev–Trinajstić information content (AvgIpc) is 3.20. The number of piperazine rings is 1. The van der Waals surface area contributed by atoms with E-state index in [1.54, 1.807) is 10.9 Å². The van der Waals surface area contributed by atoms with Crippen LogP contribution in [0, 0.1) is 6.92 Å². The third kappa shape index (κ3) is 3.33. The number of anilines is 3. The minimum absolute atomic E-state index is 0.397. The van der Waals surface area contributed by atoms with Gasteiger partial charge in [0.15, 0.2) is 0 Å². The fourth-order valence-corrected chi connectivity index (χ4v) is 4.62. The van der Waals surface area contributed by atoms with Crippen LogP contribution < -0.4 is 10.2 Å². The molecule has 5 rings (SSSR count). The van der Waals surface area contributed by atoms with E-state index in [9.17, 15) is 4.39 Å². The number of halogens is 1. The molecule has 0 unspecified atom stereocenters. The van der Waals surface area contributed by atoms with E-state index in [0.717, 1.165) is 49.8 Å². The summed E-state index contributed by atoms with van der Waals surface area (Å²) in [6.07, 6.45) is 5.58. The molecule has 3 saturated heterocycles. The van der Waals surface area contributed by atoms with Gasteiger partial charge >= 0.3 is 0 Å². The molecule has 2 atom stereocenters. The molecule has 1 N–H and O–H groups in total. The highest BCUT2D eigenvalue weighted by molar-refractivity contribution is 5.56. The Morgan fingerprint density at radius 1 is 1.07 bits per heavy atom. The second-order valence-corrected chi connectivity index (χ2v) is 8.26. The molecular weight excluding hydrogens is 359 g/mol. The summed E-state index contributed by atoms with van der Waals surface area (Å²) in [5, 5.41) is 7.38. The smallest absolute Gasteiger partial charge is 0.229 e. The van der Waals surface area contributed by atoms with E-state index in [1.165, 1.54) is 0 Å². The topological polar surface area (TPSA) is 65.4 Å². The van der Waals surface area contributed by atoms with Gasteiger partial charge in [0.05, 0.1) is 11.9 Å². The third-order valence-corrected chi connectivity index (χ3v) is 6.18. The normalized spacial score (nSPS) is 26.3. The van der Waals surface area contributed by atoms with Crippen LogP contribution in [-0.4, -0.2) is 87.1 Å². The van der Waals surface area contributed by atoms with E-state index >= 15 is 0 Å². The lowest BCUT2D eigenvalue weighted by atomic mass is 10.0. The van der Waals surface area contributed by atoms with E-state index in [4.69, 9.17) is 4.98 Å². The minimum atomic E-state index is -0.641. The van der Waals surface area contributed by atoms with Gasteiger partial charge in [0.2, 0.25) is 5.95 Å². The highest BCUT2D eigenvalue weighted by Gasteiger charge is 2.41. The van der Waals surface area contributed by atoms with Crippen LogP contribution in [0.25, 0.3) is 0 Å². The first-order chi connectivity index (χ1) is 13.5. The summed E-state index contributed by atoms with van der Waals surface area (Å²) in [5.41, 5.74) is 1.95. The molecule has 0 radical (unpaired) electrons. The minimum Gasteiger partial charge on any atom is -0.353 e. The molecular formula is C19H27FN8. The lowest BCUT2D eigenvalue weighted by Crippen LogP contribution is -2.64. The van der Waals surface area contributed by atoms with Gasteiger partial charge in [0, 0.05) is 76.4 Å². The van der Waals surface area contributed by atoms with Crippen molar-refractivity contribution in [2.45, 2.75) is 31.6 Å². The molecule has 0 spiro atoms. The highest BCUT2D eigenvalue weighted by Crippen LogP contribution is 2.30. The number of nitrogens with zero attached hydrogens (tertiary/aromatic N) is 7. The second kappa shape index (κ2) is 6.97. The van der Waals surface area contributed by atoms with Crippen molar-refractivity contribution in [1.29, 1.82) is 0 Å². The van der Waals surface area contributed by atoms with Gasteiger partial charge in [0.1, 0.15) is 12.0 Å². The van der Waals surface area contributed by atoms with Crippen molar-refractivity contribution in [1.82, 2.24) is 29.5 Å². The molecule has 9 heteroatoms. The number of aryl methyl sites for hydroxylation is 2. The molecule has 0 aliphatic carbocycles. The van der Waals surface area contributed by atoms with Crippen molar-refractivity contribution >= 4 is 17.5 Å². The van der Waals surface area contributed by atoms with Gasteiger partial charge in [-0.05, 0) is 13.3 Å². The number of hydrogen-bond acceptors (Lipinski definition) is 7. The summed E-state index contributed by atoms with van der Waals surface area (Å²) in [7, 11) is 1.88. The fraction of sp³-hybridized carbons (Fsp3) is 0.632. The number of nitrogens with one attached hydrogen (secondary N) is 1. The number of hydrogen-bond donors (Lipinski definition) is 1. The molecule has 2 aromatic heterocycles. The van der Waals surface area contributed by atoms with Gasteiger partial charge in [0.25, 0.3) is 0 Å². The number of fused-ring (bicyclic) bond motifs is 1. The molecule has 150 valence electrons. The Morgan fingerprint density at radius 2 is 1.86 bits per heavy atom. The van der Waals surface area contributed by atoms with Crippen molar-refractivity contribution < 1.29 is 4.39 Å². The Morgan fingerprint density at radius 3 is 2.61 bits per heavy atom. The summed E-state index contributed by atoms with van der Waals surface area (Å²) < 4.78 is 15.4. The quantitative estimate of drug-likeness (QED) is 0.846. The zero-order valence-electron chi connectivity index (χ0n) is 16.4. The van der Waals surface area contributed by atoms with Gasteiger partial charge in [-0.15, -0.1) is 0 Å². The Hall–Kier alpha value is -2.26. The van der Waals surface area contributed by atoms with Gasteiger partial charge in [-0.2, -0.15) is 10.1 Å². The molecule has 3 aliphatic rings. The predicted octanol–water partition coefficient (Wildman–Crippen LogP) is 1.18. The predicted molar refractivity (Wildman–Crippen MR) is 106 cm³/mol. The van der Waals surface area contributed by atoms with E-state index in [1.807, 2.05) is 19.4 Å². The van der Waals surface area contributed by atoms with Crippen LogP contribution in [0.15, 0.2) is 18.6 Å². The standard InChI is InChI=1S/C19H27FN8/c1-13-6-21-19(23-15-7-22-25(2)9-15)24-18(13)28-11-17(12-28)27-4-3-26-8-14(20)5-16(26)10-27/h6-7,9,14,16-17H,3-5,8,10-12H2,1-2H3,(H,21,23,24)/t14-,16+/m1/s1. The summed E-state index contributed by atoms with van der Waals surface area (Å²) in [6.45, 7) is 7.64. The zero-order valence-corrected chi connectivity index (χ0v) is 16.4. The third-order valence-electron chi connectivity index (χ3n) is 6.18. The highest BCUT2D eigenvalue weighted by atomic mass is 19.1. The first kappa shape index (κ1) is 17.8. The Balaban J connectivity index is 1.22. The summed E-state index contributed by atoms with van der Waals surface area (Å²) in [6, 6.07) is 0.929. The van der Waals surface area contributed by atoms with Crippen LogP contribution in [0.5, 0.6) is 0 Å². The van der Waals surface area contributed by atoms with Crippen molar-refractivity contribution in [2.75, 3.05) is 49.5 Å². The monoisotopic (exact) mass is 386 g/mol. The summed E-state index contributed by atoms with van der Waals surface area (Å²) >= 11 is 0. The van der Waals surface area contributed by atoms with E-state index in [2.05, 4.69) is 37.0 Å². The van der Waals surface area contributed by atoms with Crippen LogP contribution >= 0.6 is 0 Å². The first-order valence-corrected chi connectivity index (χ1v) is 10.0. The van der Waals surface area contributed by atoms with Gasteiger partial charge in [-0.1, -0.05) is 0 Å². The first-order valence-electron chi connectivity index (χ1n) is 10.0. The van der Waals surface area contributed by atoms with Crippen LogP contribution in [0.2, 0.25) is 0 Å². The maximum atomic E-state index is 13.7. The Labute approximate surface area is 164 Å². The summed E-state index contributed by atoms with van der Waals surface area (Å²) in [5.74, 6) is 1.58. The Kier molecular flexibility index (Phi) is 4.43. The molecule has 28 heavy (non-hydrogen) atoms. The van der Waals surface area contributed by atoms with Crippen molar-refractivity contribution in [3.63, 3.8) is 0 Å². The van der Waals surface area contributed by atoms with Gasteiger partial charge < -0.3 is 10.2 Å². The van der Waals surface area contributed by atoms with E-state index in [0.29, 0.717) is 31.0 Å². The molecule has 0 saturated carbocycles. The molecule has 5 heterocycles. The second-order valence-electron chi connectivity index (χ2n) is 8.26. The largest absolute Gasteiger partial charge is 0.353 e. The number of rotatable bonds is 4. The number of aromatic nitrogens is 4. The fourth-order valence-electron chi connectivity index (χ4n) is 4.62. The van der Waals surface area contributed by atoms with Crippen LogP contribution in [-0.2, 0) is 7.05 Å². The lowest BCUT2D eigenvalue weighted by Gasteiger charge is -2.49. The molecule has 0 bridgehead atoms. The Bertz CT molecular complexity index is 848. The van der Waals surface area contributed by atoms with Crippen molar-refractivity contribution in [3.8, 4) is 0 Å². The maximum absolute atomic E-state index is 13.7. The van der Waals surface area contributed by atoms with E-state index in [-0.39, 0.29) is 0 Å². The molecule has 3 aliphatic heterocycles. The zero-order chi connectivity index (χ0) is 19.3. The lowest BCUT2D eigenvalue weighted by molar-refractivity contribution is 0.0604. The van der Waals surface area contributed by atoms with E-state index < -0.39 is 6.17 Å². The van der Waals surface area contributed by atoms with Crippen LogP contribution in [0.1, 0.15) is 12.0 Å². The summed E-state index contributed by atoms with van der Waals surface area (Å²) in [4.78, 5) is 16.3. The molecule has 2 aromatic rings. The van der Waals surface area contributed by atoms with Gasteiger partial charge in [-0.25, -0.2) is 9.37 Å². The SMILES string of the molecule is Cc1cnc(Nc2cnn(C)c2)nc1N1CC(N2CCN3C[C@H](F)C[C@H]3C2)C1. The van der Waals surface area contributed by atoms with Gasteiger partial charge in [-0.3, -0.25) is 14.5 Å².